The van der Waals surface area contributed by atoms with Crippen LogP contribution in [0.2, 0.25) is 0 Å². The summed E-state index contributed by atoms with van der Waals surface area (Å²) in [5.41, 5.74) is 0. The molecule has 8 heteroatoms. The fourth-order valence-electron chi connectivity index (χ4n) is 4.45. The predicted molar refractivity (Wildman–Crippen MR) is 104 cm³/mol. The largest absolute Gasteiger partial charge is 0.357 e. The summed E-state index contributed by atoms with van der Waals surface area (Å²) in [4.78, 5) is 36.7. The maximum Gasteiger partial charge on any atom is 0.233 e. The van der Waals surface area contributed by atoms with E-state index in [0.717, 1.165) is 22.9 Å². The maximum atomic E-state index is 12.7. The molecule has 1 saturated carbocycles. The zero-order valence-electron chi connectivity index (χ0n) is 15.6. The molecular formula is C19H25N5O2S. The molecule has 3 aliphatic rings. The third-order valence-electron chi connectivity index (χ3n) is 5.60. The van der Waals surface area contributed by atoms with Crippen LogP contribution in [-0.4, -0.2) is 47.3 Å². The number of amides is 2. The van der Waals surface area contributed by atoms with Gasteiger partial charge in [0.25, 0.3) is 0 Å². The second kappa shape index (κ2) is 7.42. The molecule has 0 spiro atoms. The van der Waals surface area contributed by atoms with Crippen LogP contribution in [0.15, 0.2) is 23.3 Å². The van der Waals surface area contributed by atoms with E-state index >= 15 is 0 Å². The number of likely N-dealkylation sites (tertiary alicyclic amines) is 1. The molecule has 2 heterocycles. The van der Waals surface area contributed by atoms with Crippen LogP contribution >= 0.6 is 11.3 Å². The highest BCUT2D eigenvalue weighted by atomic mass is 32.1. The van der Waals surface area contributed by atoms with Gasteiger partial charge >= 0.3 is 0 Å². The molecule has 7 nitrogen and oxygen atoms in total. The Bertz CT molecular complexity index is 772. The fourth-order valence-corrected chi connectivity index (χ4v) is 5.17. The Hall–Kier alpha value is -2.22. The van der Waals surface area contributed by atoms with Crippen molar-refractivity contribution in [1.29, 1.82) is 0 Å². The number of hydrogen-bond donors (Lipinski definition) is 2. The van der Waals surface area contributed by atoms with Crippen LogP contribution in [0.1, 0.15) is 23.2 Å². The molecule has 27 heavy (non-hydrogen) atoms. The number of carbonyl (C=O) groups excluding carboxylic acids is 2. The molecule has 4 atom stereocenters. The third-order valence-corrected chi connectivity index (χ3v) is 6.49. The van der Waals surface area contributed by atoms with Gasteiger partial charge in [-0.05, 0) is 32.1 Å². The summed E-state index contributed by atoms with van der Waals surface area (Å²) < 4.78 is 0. The first-order valence-corrected chi connectivity index (χ1v) is 10.4. The lowest BCUT2D eigenvalue weighted by Crippen LogP contribution is -2.43. The first-order chi connectivity index (χ1) is 13.1. The number of guanidine groups is 1. The lowest BCUT2D eigenvalue weighted by Gasteiger charge is -2.18. The molecule has 0 radical (unpaired) electrons. The highest BCUT2D eigenvalue weighted by molar-refractivity contribution is 7.11. The summed E-state index contributed by atoms with van der Waals surface area (Å²) >= 11 is 1.63. The topological polar surface area (TPSA) is 86.7 Å². The molecule has 144 valence electrons. The van der Waals surface area contributed by atoms with Crippen LogP contribution in [-0.2, 0) is 16.1 Å². The average molecular weight is 388 g/mol. The average Bonchev–Trinajstić information content (AvgIpc) is 3.40. The first kappa shape index (κ1) is 18.2. The number of nitrogens with zero attached hydrogens (tertiary/aromatic N) is 3. The normalized spacial score (nSPS) is 29.0. The van der Waals surface area contributed by atoms with Gasteiger partial charge in [-0.1, -0.05) is 12.2 Å². The van der Waals surface area contributed by atoms with Crippen LogP contribution in [0.4, 0.5) is 0 Å². The van der Waals surface area contributed by atoms with Crippen molar-refractivity contribution < 1.29 is 9.59 Å². The van der Waals surface area contributed by atoms with E-state index in [-0.39, 0.29) is 35.5 Å². The minimum absolute atomic E-state index is 0.00530. The number of rotatable bonds is 6. The quantitative estimate of drug-likeness (QED) is 0.333. The summed E-state index contributed by atoms with van der Waals surface area (Å²) in [5.74, 6) is 0.973. The zero-order valence-corrected chi connectivity index (χ0v) is 16.5. The summed E-state index contributed by atoms with van der Waals surface area (Å²) in [5, 5.41) is 7.45. The van der Waals surface area contributed by atoms with Crippen LogP contribution < -0.4 is 10.6 Å². The number of aliphatic imine (C=N–C) groups is 1. The van der Waals surface area contributed by atoms with Crippen molar-refractivity contribution in [3.63, 3.8) is 0 Å². The molecule has 2 fully saturated rings. The number of carbonyl (C=O) groups is 2. The first-order valence-electron chi connectivity index (χ1n) is 9.55. The summed E-state index contributed by atoms with van der Waals surface area (Å²) in [6.45, 7) is 6.16. The standard InChI is InChI=1S/C19H25N5O2S/c1-3-20-19(23-10-14-9-22-11(2)27-14)21-6-7-24-17(25)15-12-4-5-13(8-12)16(15)18(24)26/h4-5,9,12-13,15-16H,3,6-8,10H2,1-2H3,(H2,20,21,23). The zero-order chi connectivity index (χ0) is 19.0. The van der Waals surface area contributed by atoms with Gasteiger partial charge in [0.1, 0.15) is 0 Å². The molecule has 2 aliphatic carbocycles. The molecule has 2 N–H and O–H groups in total. The Kier molecular flexibility index (Phi) is 4.99. The molecular weight excluding hydrogens is 362 g/mol. The van der Waals surface area contributed by atoms with Crippen molar-refractivity contribution in [2.45, 2.75) is 26.8 Å². The molecule has 1 aromatic rings. The van der Waals surface area contributed by atoms with Crippen LogP contribution in [0.3, 0.4) is 0 Å². The van der Waals surface area contributed by atoms with E-state index < -0.39 is 0 Å². The van der Waals surface area contributed by atoms with Crippen molar-refractivity contribution in [3.05, 3.63) is 28.2 Å². The Morgan fingerprint density at radius 2 is 1.96 bits per heavy atom. The Balaban J connectivity index is 1.32. The highest BCUT2D eigenvalue weighted by Gasteiger charge is 2.58. The van der Waals surface area contributed by atoms with Crippen molar-refractivity contribution >= 4 is 29.1 Å². The minimum atomic E-state index is -0.121. The van der Waals surface area contributed by atoms with Crippen molar-refractivity contribution in [3.8, 4) is 0 Å². The van der Waals surface area contributed by atoms with Gasteiger partial charge in [-0.3, -0.25) is 14.5 Å². The van der Waals surface area contributed by atoms with E-state index in [4.69, 9.17) is 0 Å². The van der Waals surface area contributed by atoms with Gasteiger partial charge in [-0.15, -0.1) is 11.3 Å². The summed E-state index contributed by atoms with van der Waals surface area (Å²) in [7, 11) is 0. The molecule has 0 aromatic carbocycles. The lowest BCUT2D eigenvalue weighted by atomic mass is 9.85. The number of imide groups is 1. The molecule has 4 rings (SSSR count). The third kappa shape index (κ3) is 3.38. The van der Waals surface area contributed by atoms with Gasteiger partial charge in [0.15, 0.2) is 5.96 Å². The fraction of sp³-hybridized carbons (Fsp3) is 0.579. The second-order valence-electron chi connectivity index (χ2n) is 7.30. The lowest BCUT2D eigenvalue weighted by molar-refractivity contribution is -0.140. The number of allylic oxidation sites excluding steroid dienone is 2. The summed E-state index contributed by atoms with van der Waals surface area (Å²) in [6.07, 6.45) is 7.05. The molecule has 2 amide bonds. The van der Waals surface area contributed by atoms with Crippen molar-refractivity contribution in [1.82, 2.24) is 20.5 Å². The molecule has 2 bridgehead atoms. The number of fused-ring (bicyclic) bond motifs is 5. The van der Waals surface area contributed by atoms with Crippen LogP contribution in [0, 0.1) is 30.6 Å². The molecule has 4 unspecified atom stereocenters. The van der Waals surface area contributed by atoms with Gasteiger partial charge in [0.2, 0.25) is 11.8 Å². The number of aryl methyl sites for hydroxylation is 1. The van der Waals surface area contributed by atoms with E-state index in [2.05, 4.69) is 32.8 Å². The van der Waals surface area contributed by atoms with Crippen LogP contribution in [0.25, 0.3) is 0 Å². The minimum Gasteiger partial charge on any atom is -0.357 e. The maximum absolute atomic E-state index is 12.7. The van der Waals surface area contributed by atoms with Crippen molar-refractivity contribution in [2.24, 2.45) is 28.7 Å². The van der Waals surface area contributed by atoms with E-state index in [0.29, 0.717) is 25.6 Å². The monoisotopic (exact) mass is 387 g/mol. The number of thiazole rings is 1. The van der Waals surface area contributed by atoms with Crippen molar-refractivity contribution in [2.75, 3.05) is 19.6 Å². The second-order valence-corrected chi connectivity index (χ2v) is 8.61. The SMILES string of the molecule is CCNC(=NCc1cnc(C)s1)NCCN1C(=O)C2C3C=CC(C3)C2C1=O. The van der Waals surface area contributed by atoms with Gasteiger partial charge in [0, 0.05) is 30.7 Å². The Morgan fingerprint density at radius 1 is 1.26 bits per heavy atom. The number of aromatic nitrogens is 1. The van der Waals surface area contributed by atoms with E-state index in [1.165, 1.54) is 4.90 Å². The van der Waals surface area contributed by atoms with E-state index in [9.17, 15) is 9.59 Å². The molecule has 1 aromatic heterocycles. The molecule has 1 aliphatic heterocycles. The van der Waals surface area contributed by atoms with E-state index in [1.807, 2.05) is 20.0 Å². The smallest absolute Gasteiger partial charge is 0.233 e. The van der Waals surface area contributed by atoms with E-state index in [1.54, 1.807) is 11.3 Å². The number of hydrogen-bond acceptors (Lipinski definition) is 5. The predicted octanol–water partition coefficient (Wildman–Crippen LogP) is 1.31. The van der Waals surface area contributed by atoms with Crippen LogP contribution in [0.5, 0.6) is 0 Å². The van der Waals surface area contributed by atoms with Gasteiger partial charge in [-0.25, -0.2) is 9.98 Å². The van der Waals surface area contributed by atoms with Gasteiger partial charge < -0.3 is 10.6 Å². The van der Waals surface area contributed by atoms with Gasteiger partial charge in [-0.2, -0.15) is 0 Å². The van der Waals surface area contributed by atoms with Gasteiger partial charge in [0.05, 0.1) is 23.4 Å². The summed E-state index contributed by atoms with van der Waals surface area (Å²) in [6, 6.07) is 0. The Labute approximate surface area is 163 Å². The Morgan fingerprint density at radius 3 is 2.56 bits per heavy atom. The molecule has 1 saturated heterocycles. The highest BCUT2D eigenvalue weighted by Crippen LogP contribution is 2.52. The number of nitrogens with one attached hydrogen (secondary N) is 2.